The van der Waals surface area contributed by atoms with Gasteiger partial charge in [-0.05, 0) is 36.8 Å². The first kappa shape index (κ1) is 20.0. The Bertz CT molecular complexity index is 991. The summed E-state index contributed by atoms with van der Waals surface area (Å²) < 4.78 is 13.0. The quantitative estimate of drug-likeness (QED) is 0.628. The van der Waals surface area contributed by atoms with Crippen molar-refractivity contribution in [3.8, 4) is 0 Å². The molecule has 2 aromatic carbocycles. The molecule has 0 aliphatic heterocycles. The summed E-state index contributed by atoms with van der Waals surface area (Å²) >= 11 is 7.32. The SMILES string of the molecule is CC(NC(=O)c1ccccc1Cl)C(=O)Nc1ncc(Cc2ccc(F)cc2)s1. The fourth-order valence-corrected chi connectivity index (χ4v) is 3.52. The maximum absolute atomic E-state index is 13.0. The van der Waals surface area contributed by atoms with Crippen molar-refractivity contribution < 1.29 is 14.0 Å². The summed E-state index contributed by atoms with van der Waals surface area (Å²) in [6.07, 6.45) is 2.25. The first-order valence-electron chi connectivity index (χ1n) is 8.48. The van der Waals surface area contributed by atoms with Crippen LogP contribution in [0.15, 0.2) is 54.7 Å². The molecule has 2 amide bonds. The van der Waals surface area contributed by atoms with Crippen LogP contribution in [0, 0.1) is 5.82 Å². The van der Waals surface area contributed by atoms with Gasteiger partial charge in [0.25, 0.3) is 5.91 Å². The number of rotatable bonds is 6. The minimum atomic E-state index is -0.770. The second kappa shape index (κ2) is 8.95. The molecule has 1 aromatic heterocycles. The summed E-state index contributed by atoms with van der Waals surface area (Å²) in [6.45, 7) is 1.58. The summed E-state index contributed by atoms with van der Waals surface area (Å²) in [5.74, 6) is -1.10. The standard InChI is InChI=1S/C20H17ClFN3O2S/c1-12(24-19(27)16-4-2-3-5-17(16)21)18(26)25-20-23-11-15(28-20)10-13-6-8-14(22)9-7-13/h2-9,11-12H,10H2,1H3,(H,24,27)(H,23,25,26). The number of carbonyl (C=O) groups excluding carboxylic acids is 2. The minimum absolute atomic E-state index is 0.283. The highest BCUT2D eigenvalue weighted by Crippen LogP contribution is 2.21. The Labute approximate surface area is 170 Å². The number of aromatic nitrogens is 1. The van der Waals surface area contributed by atoms with Crippen LogP contribution in [0.5, 0.6) is 0 Å². The average molecular weight is 418 g/mol. The van der Waals surface area contributed by atoms with Crippen LogP contribution >= 0.6 is 22.9 Å². The zero-order valence-corrected chi connectivity index (χ0v) is 16.5. The van der Waals surface area contributed by atoms with Crippen LogP contribution in [0.4, 0.5) is 9.52 Å². The number of hydrogen-bond acceptors (Lipinski definition) is 4. The zero-order valence-electron chi connectivity index (χ0n) is 14.9. The molecule has 8 heteroatoms. The maximum atomic E-state index is 13.0. The molecular weight excluding hydrogens is 401 g/mol. The lowest BCUT2D eigenvalue weighted by Gasteiger charge is -2.13. The van der Waals surface area contributed by atoms with Crippen molar-refractivity contribution in [1.82, 2.24) is 10.3 Å². The number of halogens is 2. The summed E-state index contributed by atoms with van der Waals surface area (Å²) in [7, 11) is 0. The van der Waals surface area contributed by atoms with E-state index in [0.29, 0.717) is 22.1 Å². The van der Waals surface area contributed by atoms with E-state index in [1.807, 2.05) is 0 Å². The van der Waals surface area contributed by atoms with E-state index in [-0.39, 0.29) is 11.7 Å². The van der Waals surface area contributed by atoms with Gasteiger partial charge in [0.05, 0.1) is 10.6 Å². The van der Waals surface area contributed by atoms with E-state index in [9.17, 15) is 14.0 Å². The molecule has 0 aliphatic carbocycles. The third-order valence-electron chi connectivity index (χ3n) is 3.93. The van der Waals surface area contributed by atoms with Crippen molar-refractivity contribution in [2.75, 3.05) is 5.32 Å². The van der Waals surface area contributed by atoms with Gasteiger partial charge >= 0.3 is 0 Å². The number of carbonyl (C=O) groups is 2. The van der Waals surface area contributed by atoms with Crippen LogP contribution in [0.25, 0.3) is 0 Å². The molecule has 3 aromatic rings. The van der Waals surface area contributed by atoms with Crippen LogP contribution in [0.1, 0.15) is 27.7 Å². The second-order valence-electron chi connectivity index (χ2n) is 6.10. The third-order valence-corrected chi connectivity index (χ3v) is 5.18. The van der Waals surface area contributed by atoms with E-state index < -0.39 is 11.9 Å². The molecule has 1 heterocycles. The maximum Gasteiger partial charge on any atom is 0.253 e. The van der Waals surface area contributed by atoms with Crippen molar-refractivity contribution in [2.45, 2.75) is 19.4 Å². The number of nitrogens with one attached hydrogen (secondary N) is 2. The number of thiazole rings is 1. The minimum Gasteiger partial charge on any atom is -0.340 e. The van der Waals surface area contributed by atoms with Gasteiger partial charge in [-0.25, -0.2) is 9.37 Å². The molecule has 0 saturated heterocycles. The molecule has 28 heavy (non-hydrogen) atoms. The van der Waals surface area contributed by atoms with Gasteiger partial charge in [0, 0.05) is 17.5 Å². The van der Waals surface area contributed by atoms with Crippen LogP contribution in [0.2, 0.25) is 5.02 Å². The van der Waals surface area contributed by atoms with Gasteiger partial charge in [-0.15, -0.1) is 11.3 Å². The molecule has 0 bridgehead atoms. The average Bonchev–Trinajstić information content (AvgIpc) is 3.10. The number of nitrogens with zero attached hydrogens (tertiary/aromatic N) is 1. The molecule has 0 saturated carbocycles. The molecule has 1 unspecified atom stereocenters. The molecule has 0 aliphatic rings. The number of hydrogen-bond donors (Lipinski definition) is 2. The Morgan fingerprint density at radius 2 is 1.89 bits per heavy atom. The Hall–Kier alpha value is -2.77. The molecule has 0 spiro atoms. The van der Waals surface area contributed by atoms with Crippen LogP contribution in [-0.4, -0.2) is 22.8 Å². The molecule has 0 fully saturated rings. The summed E-state index contributed by atoms with van der Waals surface area (Å²) in [4.78, 5) is 29.7. The molecule has 2 N–H and O–H groups in total. The fourth-order valence-electron chi connectivity index (χ4n) is 2.45. The van der Waals surface area contributed by atoms with Crippen molar-refractivity contribution in [3.05, 3.63) is 81.6 Å². The van der Waals surface area contributed by atoms with Crippen LogP contribution in [-0.2, 0) is 11.2 Å². The lowest BCUT2D eigenvalue weighted by atomic mass is 10.1. The highest BCUT2D eigenvalue weighted by molar-refractivity contribution is 7.15. The highest BCUT2D eigenvalue weighted by Gasteiger charge is 2.19. The molecular formula is C20H17ClFN3O2S. The van der Waals surface area contributed by atoms with Gasteiger partial charge in [0.2, 0.25) is 5.91 Å². The van der Waals surface area contributed by atoms with Gasteiger partial charge in [0.15, 0.2) is 5.13 Å². The van der Waals surface area contributed by atoms with E-state index in [1.54, 1.807) is 49.5 Å². The van der Waals surface area contributed by atoms with Crippen molar-refractivity contribution in [2.24, 2.45) is 0 Å². The normalized spacial score (nSPS) is 11.7. The van der Waals surface area contributed by atoms with Gasteiger partial charge in [-0.1, -0.05) is 35.9 Å². The highest BCUT2D eigenvalue weighted by atomic mass is 35.5. The predicted octanol–water partition coefficient (Wildman–Crippen LogP) is 4.28. The van der Waals surface area contributed by atoms with Gasteiger partial charge in [-0.2, -0.15) is 0 Å². The fraction of sp³-hybridized carbons (Fsp3) is 0.150. The zero-order chi connectivity index (χ0) is 20.1. The number of amides is 2. The third kappa shape index (κ3) is 5.15. The summed E-state index contributed by atoms with van der Waals surface area (Å²) in [5, 5.41) is 6.05. The topological polar surface area (TPSA) is 71.1 Å². The van der Waals surface area contributed by atoms with Crippen LogP contribution < -0.4 is 10.6 Å². The Morgan fingerprint density at radius 1 is 1.18 bits per heavy atom. The monoisotopic (exact) mass is 417 g/mol. The van der Waals surface area contributed by atoms with Crippen molar-refractivity contribution in [3.63, 3.8) is 0 Å². The van der Waals surface area contributed by atoms with E-state index in [1.165, 1.54) is 23.5 Å². The molecule has 3 rings (SSSR count). The second-order valence-corrected chi connectivity index (χ2v) is 7.62. The number of anilines is 1. The van der Waals surface area contributed by atoms with Gasteiger partial charge < -0.3 is 10.6 Å². The van der Waals surface area contributed by atoms with E-state index >= 15 is 0 Å². The Morgan fingerprint density at radius 3 is 2.61 bits per heavy atom. The van der Waals surface area contributed by atoms with E-state index in [0.717, 1.165) is 10.4 Å². The molecule has 0 radical (unpaired) electrons. The lowest BCUT2D eigenvalue weighted by Crippen LogP contribution is -2.41. The smallest absolute Gasteiger partial charge is 0.253 e. The first-order valence-corrected chi connectivity index (χ1v) is 9.67. The van der Waals surface area contributed by atoms with E-state index in [4.69, 9.17) is 11.6 Å². The molecule has 1 atom stereocenters. The lowest BCUT2D eigenvalue weighted by molar-refractivity contribution is -0.117. The Kier molecular flexibility index (Phi) is 6.38. The van der Waals surface area contributed by atoms with Gasteiger partial charge in [-0.3, -0.25) is 9.59 Å². The van der Waals surface area contributed by atoms with E-state index in [2.05, 4.69) is 15.6 Å². The summed E-state index contributed by atoms with van der Waals surface area (Å²) in [6, 6.07) is 12.1. The van der Waals surface area contributed by atoms with Gasteiger partial charge in [0.1, 0.15) is 11.9 Å². The molecule has 5 nitrogen and oxygen atoms in total. The summed E-state index contributed by atoms with van der Waals surface area (Å²) in [5.41, 5.74) is 1.25. The number of benzene rings is 2. The van der Waals surface area contributed by atoms with Crippen molar-refractivity contribution in [1.29, 1.82) is 0 Å². The van der Waals surface area contributed by atoms with Crippen LogP contribution in [0.3, 0.4) is 0 Å². The predicted molar refractivity (Wildman–Crippen MR) is 108 cm³/mol. The first-order chi connectivity index (χ1) is 13.4. The van der Waals surface area contributed by atoms with Crippen molar-refractivity contribution >= 4 is 39.9 Å². The largest absolute Gasteiger partial charge is 0.340 e. The molecule has 144 valence electrons. The Balaban J connectivity index is 1.57.